The Hall–Kier alpha value is -0.0900. The third-order valence-electron chi connectivity index (χ3n) is 4.94. The first-order valence-electron chi connectivity index (χ1n) is 8.37. The highest BCUT2D eigenvalue weighted by molar-refractivity contribution is 9.10. The molecule has 0 spiro atoms. The zero-order valence-electron chi connectivity index (χ0n) is 12.7. The van der Waals surface area contributed by atoms with E-state index in [2.05, 4.69) is 22.9 Å². The summed E-state index contributed by atoms with van der Waals surface area (Å²) >= 11 is 3.46. The van der Waals surface area contributed by atoms with Crippen molar-refractivity contribution in [1.29, 1.82) is 0 Å². The lowest BCUT2D eigenvalue weighted by Gasteiger charge is -2.41. The second-order valence-corrected chi connectivity index (χ2v) is 7.51. The van der Waals surface area contributed by atoms with Gasteiger partial charge in [-0.3, -0.25) is 4.79 Å². The van der Waals surface area contributed by atoms with Crippen LogP contribution in [0.3, 0.4) is 0 Å². The number of carbonyl (C=O) groups is 1. The first-order valence-corrected chi connectivity index (χ1v) is 9.29. The summed E-state index contributed by atoms with van der Waals surface area (Å²) in [5.74, 6) is 0.537. The largest absolute Gasteiger partial charge is 0.464 e. The highest BCUT2D eigenvalue weighted by atomic mass is 79.9. The van der Waals surface area contributed by atoms with Crippen LogP contribution in [0.5, 0.6) is 0 Å². The number of esters is 1. The third kappa shape index (κ3) is 4.45. The highest BCUT2D eigenvalue weighted by Gasteiger charge is 2.37. The number of carbonyl (C=O) groups excluding carboxylic acids is 1. The van der Waals surface area contributed by atoms with Crippen molar-refractivity contribution in [2.24, 2.45) is 5.92 Å². The molecule has 0 bridgehead atoms. The summed E-state index contributed by atoms with van der Waals surface area (Å²) in [7, 11) is 0. The van der Waals surface area contributed by atoms with Crippen LogP contribution in [0.2, 0.25) is 0 Å². The van der Waals surface area contributed by atoms with E-state index >= 15 is 0 Å². The molecule has 2 aliphatic heterocycles. The van der Waals surface area contributed by atoms with E-state index in [0.717, 1.165) is 25.3 Å². The van der Waals surface area contributed by atoms with E-state index in [9.17, 15) is 4.79 Å². The number of halogens is 1. The fraction of sp³-hybridized carbons (Fsp3) is 0.938. The predicted molar refractivity (Wildman–Crippen MR) is 84.3 cm³/mol. The maximum absolute atomic E-state index is 12.0. The SMILES string of the molecule is CCCC[C@@H](Br)C(=O)OC[C@H]1CCC[NH+]2CCCC[C@H]12. The van der Waals surface area contributed by atoms with E-state index in [1.807, 2.05) is 0 Å². The number of quaternary nitrogens is 1. The molecule has 0 amide bonds. The molecule has 0 radical (unpaired) electrons. The van der Waals surface area contributed by atoms with Crippen molar-refractivity contribution < 1.29 is 14.4 Å². The number of rotatable bonds is 6. The molecule has 2 fully saturated rings. The van der Waals surface area contributed by atoms with Gasteiger partial charge < -0.3 is 9.64 Å². The number of alkyl halides is 1. The molecule has 0 aromatic heterocycles. The monoisotopic (exact) mass is 346 g/mol. The molecule has 2 rings (SSSR count). The van der Waals surface area contributed by atoms with E-state index in [1.165, 1.54) is 45.2 Å². The topological polar surface area (TPSA) is 30.7 Å². The van der Waals surface area contributed by atoms with Gasteiger partial charge in [0.25, 0.3) is 0 Å². The third-order valence-corrected chi connectivity index (χ3v) is 5.77. The molecule has 0 aliphatic carbocycles. The minimum Gasteiger partial charge on any atom is -0.464 e. The highest BCUT2D eigenvalue weighted by Crippen LogP contribution is 2.21. The summed E-state index contributed by atoms with van der Waals surface area (Å²) in [5, 5.41) is 0. The standard InChI is InChI=1S/C16H28BrNO2/c1-2-3-8-14(17)16(19)20-12-13-7-6-11-18-10-5-4-9-15(13)18/h13-15H,2-12H2,1H3/p+1/t13-,14-,15-/m1/s1. The van der Waals surface area contributed by atoms with Crippen LogP contribution in [0.1, 0.15) is 58.3 Å². The number of fused-ring (bicyclic) bond motifs is 1. The van der Waals surface area contributed by atoms with Gasteiger partial charge in [-0.25, -0.2) is 0 Å². The zero-order chi connectivity index (χ0) is 14.4. The summed E-state index contributed by atoms with van der Waals surface area (Å²) < 4.78 is 5.59. The van der Waals surface area contributed by atoms with E-state index in [4.69, 9.17) is 4.74 Å². The molecule has 1 N–H and O–H groups in total. The van der Waals surface area contributed by atoms with Gasteiger partial charge in [0.1, 0.15) is 4.83 Å². The molecule has 3 nitrogen and oxygen atoms in total. The van der Waals surface area contributed by atoms with Crippen molar-refractivity contribution in [3.05, 3.63) is 0 Å². The van der Waals surface area contributed by atoms with Gasteiger partial charge in [-0.05, 0) is 38.5 Å². The van der Waals surface area contributed by atoms with Crippen LogP contribution in [0.15, 0.2) is 0 Å². The molecule has 1 unspecified atom stereocenters. The fourth-order valence-corrected chi connectivity index (χ4v) is 4.21. The minimum absolute atomic E-state index is 0.0543. The maximum Gasteiger partial charge on any atom is 0.319 e. The number of piperidine rings is 2. The van der Waals surface area contributed by atoms with E-state index in [-0.39, 0.29) is 10.8 Å². The van der Waals surface area contributed by atoms with Crippen LogP contribution >= 0.6 is 15.9 Å². The lowest BCUT2D eigenvalue weighted by molar-refractivity contribution is -0.940. The number of hydrogen-bond acceptors (Lipinski definition) is 2. The van der Waals surface area contributed by atoms with Gasteiger partial charge >= 0.3 is 5.97 Å². The molecule has 2 saturated heterocycles. The Bertz CT molecular complexity index is 309. The Kier molecular flexibility index (Phi) is 6.82. The average Bonchev–Trinajstić information content (AvgIpc) is 2.50. The lowest BCUT2D eigenvalue weighted by Crippen LogP contribution is -3.18. The first kappa shape index (κ1) is 16.3. The smallest absolute Gasteiger partial charge is 0.319 e. The van der Waals surface area contributed by atoms with Gasteiger partial charge in [-0.15, -0.1) is 0 Å². The predicted octanol–water partition coefficient (Wildman–Crippen LogP) is 2.33. The number of unbranched alkanes of at least 4 members (excludes halogenated alkanes) is 1. The van der Waals surface area contributed by atoms with Gasteiger partial charge in [0.2, 0.25) is 0 Å². The van der Waals surface area contributed by atoms with E-state index in [0.29, 0.717) is 12.5 Å². The van der Waals surface area contributed by atoms with E-state index in [1.54, 1.807) is 4.90 Å². The molecule has 4 heteroatoms. The van der Waals surface area contributed by atoms with Crippen molar-refractivity contribution in [2.75, 3.05) is 19.7 Å². The summed E-state index contributed by atoms with van der Waals surface area (Å²) in [6.07, 6.45) is 9.68. The van der Waals surface area contributed by atoms with Crippen LogP contribution in [0.25, 0.3) is 0 Å². The molecule has 4 atom stereocenters. The number of nitrogens with one attached hydrogen (secondary N) is 1. The molecule has 0 aromatic carbocycles. The summed E-state index contributed by atoms with van der Waals surface area (Å²) in [6, 6.07) is 0.745. The van der Waals surface area contributed by atoms with Crippen LogP contribution in [-0.2, 0) is 9.53 Å². The second kappa shape index (κ2) is 8.38. The summed E-state index contributed by atoms with van der Waals surface area (Å²) in [5.41, 5.74) is 0. The van der Waals surface area contributed by atoms with Gasteiger partial charge in [0.15, 0.2) is 0 Å². The maximum atomic E-state index is 12.0. The van der Waals surface area contributed by atoms with Gasteiger partial charge in [0, 0.05) is 5.92 Å². The van der Waals surface area contributed by atoms with Crippen molar-refractivity contribution in [2.45, 2.75) is 69.2 Å². The number of hydrogen-bond donors (Lipinski definition) is 1. The zero-order valence-corrected chi connectivity index (χ0v) is 14.3. The fourth-order valence-electron chi connectivity index (χ4n) is 3.76. The second-order valence-electron chi connectivity index (χ2n) is 6.40. The quantitative estimate of drug-likeness (QED) is 0.591. The van der Waals surface area contributed by atoms with Crippen LogP contribution in [0, 0.1) is 5.92 Å². The van der Waals surface area contributed by atoms with Crippen LogP contribution < -0.4 is 4.90 Å². The van der Waals surface area contributed by atoms with Crippen molar-refractivity contribution in [1.82, 2.24) is 0 Å². The first-order chi connectivity index (χ1) is 9.72. The van der Waals surface area contributed by atoms with E-state index < -0.39 is 0 Å². The van der Waals surface area contributed by atoms with Crippen molar-refractivity contribution in [3.8, 4) is 0 Å². The molecule has 0 aromatic rings. The number of ether oxygens (including phenoxy) is 1. The van der Waals surface area contributed by atoms with Crippen molar-refractivity contribution in [3.63, 3.8) is 0 Å². The molecule has 2 heterocycles. The molecular weight excluding hydrogens is 318 g/mol. The normalized spacial score (nSPS) is 31.4. The minimum atomic E-state index is -0.110. The van der Waals surface area contributed by atoms with Crippen LogP contribution in [0.4, 0.5) is 0 Å². The van der Waals surface area contributed by atoms with Crippen molar-refractivity contribution >= 4 is 21.9 Å². The molecule has 116 valence electrons. The molecule has 0 saturated carbocycles. The Morgan fingerprint density at radius 1 is 1.30 bits per heavy atom. The Labute approximate surface area is 131 Å². The van der Waals surface area contributed by atoms with Gasteiger partial charge in [0.05, 0.1) is 25.7 Å². The van der Waals surface area contributed by atoms with Gasteiger partial charge in [-0.2, -0.15) is 0 Å². The molecular formula is C16H29BrNO2+. The lowest BCUT2D eigenvalue weighted by atomic mass is 9.84. The van der Waals surface area contributed by atoms with Crippen LogP contribution in [-0.4, -0.2) is 36.5 Å². The Morgan fingerprint density at radius 3 is 2.90 bits per heavy atom. The molecule has 2 aliphatic rings. The average molecular weight is 347 g/mol. The molecule has 20 heavy (non-hydrogen) atoms. The van der Waals surface area contributed by atoms with Gasteiger partial charge in [-0.1, -0.05) is 35.7 Å². The Morgan fingerprint density at radius 2 is 2.10 bits per heavy atom. The summed E-state index contributed by atoms with van der Waals surface area (Å²) in [4.78, 5) is 13.6. The Balaban J connectivity index is 1.76. The summed E-state index contributed by atoms with van der Waals surface area (Å²) in [6.45, 7) is 5.44.